The molecule has 9 heteroatoms. The standard InChI is InChI=1S/C26H20ClN3O5/c27-14-6-8-15(9-7-14)30-23(33)21-18(11-13-5-10-19(31)20(32)12-13)29-26(22(21)24(30)34)16-3-1-2-4-17(16)28-25(26)35/h1-10,12,18,21-22,29,31-32H,11H2,(H,28,35)/t18-,21+,22-,26+/m0/s1. The lowest BCUT2D eigenvalue weighted by Crippen LogP contribution is -2.53. The first-order valence-corrected chi connectivity index (χ1v) is 11.5. The number of halogens is 1. The molecular formula is C26H20ClN3O5. The van der Waals surface area contributed by atoms with Gasteiger partial charge in [0.1, 0.15) is 5.54 Å². The zero-order valence-electron chi connectivity index (χ0n) is 18.2. The Balaban J connectivity index is 1.48. The van der Waals surface area contributed by atoms with Crippen LogP contribution in [0, 0.1) is 11.8 Å². The van der Waals surface area contributed by atoms with Crippen LogP contribution in [0.3, 0.4) is 0 Å². The second kappa shape index (κ2) is 7.56. The molecular weight excluding hydrogens is 470 g/mol. The lowest BCUT2D eigenvalue weighted by Gasteiger charge is -2.29. The highest BCUT2D eigenvalue weighted by atomic mass is 35.5. The molecule has 4 N–H and O–H groups in total. The number of amides is 3. The Labute approximate surface area is 205 Å². The molecule has 0 radical (unpaired) electrons. The van der Waals surface area contributed by atoms with Crippen molar-refractivity contribution < 1.29 is 24.6 Å². The van der Waals surface area contributed by atoms with E-state index >= 15 is 0 Å². The highest BCUT2D eigenvalue weighted by molar-refractivity contribution is 6.31. The van der Waals surface area contributed by atoms with Crippen molar-refractivity contribution in [3.63, 3.8) is 0 Å². The number of nitrogens with one attached hydrogen (secondary N) is 2. The molecule has 3 aromatic rings. The topological polar surface area (TPSA) is 119 Å². The van der Waals surface area contributed by atoms with Crippen LogP contribution in [-0.4, -0.2) is 34.0 Å². The molecule has 1 spiro atoms. The van der Waals surface area contributed by atoms with Crippen LogP contribution in [0.1, 0.15) is 11.1 Å². The van der Waals surface area contributed by atoms with E-state index in [9.17, 15) is 24.6 Å². The Morgan fingerprint density at radius 2 is 1.66 bits per heavy atom. The Hall–Kier alpha value is -3.88. The second-order valence-electron chi connectivity index (χ2n) is 9.08. The molecule has 0 saturated carbocycles. The molecule has 0 aromatic heterocycles. The highest BCUT2D eigenvalue weighted by Gasteiger charge is 2.70. The van der Waals surface area contributed by atoms with Gasteiger partial charge in [0, 0.05) is 22.3 Å². The number of hydrogen-bond acceptors (Lipinski definition) is 6. The first-order valence-electron chi connectivity index (χ1n) is 11.1. The number of para-hydroxylation sites is 1. The third kappa shape index (κ3) is 3.00. The second-order valence-corrected chi connectivity index (χ2v) is 9.51. The SMILES string of the molecule is O=C1[C@@H]2[C@H](Cc3ccc(O)c(O)c3)N[C@@]3(C(=O)Nc4ccccc43)[C@@H]2C(=O)N1c1ccc(Cl)cc1. The summed E-state index contributed by atoms with van der Waals surface area (Å²) in [7, 11) is 0. The van der Waals surface area contributed by atoms with Crippen LogP contribution in [0.5, 0.6) is 11.5 Å². The van der Waals surface area contributed by atoms with E-state index < -0.39 is 35.2 Å². The largest absolute Gasteiger partial charge is 0.504 e. The van der Waals surface area contributed by atoms with E-state index in [-0.39, 0.29) is 23.8 Å². The molecule has 3 aliphatic heterocycles. The maximum absolute atomic E-state index is 13.9. The van der Waals surface area contributed by atoms with E-state index in [1.54, 1.807) is 54.6 Å². The molecule has 0 aliphatic carbocycles. The minimum atomic E-state index is -1.42. The average Bonchev–Trinajstić information content (AvgIpc) is 3.42. The lowest BCUT2D eigenvalue weighted by molar-refractivity contribution is -0.130. The quantitative estimate of drug-likeness (QED) is 0.332. The summed E-state index contributed by atoms with van der Waals surface area (Å²) in [5.41, 5.74) is 0.831. The van der Waals surface area contributed by atoms with Gasteiger partial charge in [0.15, 0.2) is 11.5 Å². The van der Waals surface area contributed by atoms with Gasteiger partial charge in [0.25, 0.3) is 0 Å². The van der Waals surface area contributed by atoms with Gasteiger partial charge < -0.3 is 15.5 Å². The van der Waals surface area contributed by atoms with E-state index in [2.05, 4.69) is 10.6 Å². The number of carbonyl (C=O) groups excluding carboxylic acids is 3. The molecule has 3 heterocycles. The van der Waals surface area contributed by atoms with Crippen molar-refractivity contribution in [1.29, 1.82) is 0 Å². The van der Waals surface area contributed by atoms with Crippen LogP contribution in [0.2, 0.25) is 5.02 Å². The predicted octanol–water partition coefficient (Wildman–Crippen LogP) is 2.92. The van der Waals surface area contributed by atoms with Gasteiger partial charge in [-0.3, -0.25) is 19.7 Å². The molecule has 4 atom stereocenters. The normalized spacial score (nSPS) is 26.8. The number of rotatable bonds is 3. The van der Waals surface area contributed by atoms with Gasteiger partial charge in [0.05, 0.1) is 17.5 Å². The number of fused-ring (bicyclic) bond motifs is 4. The fourth-order valence-electron chi connectivity index (χ4n) is 5.73. The van der Waals surface area contributed by atoms with Gasteiger partial charge in [0.2, 0.25) is 17.7 Å². The van der Waals surface area contributed by atoms with Crippen molar-refractivity contribution >= 4 is 40.7 Å². The molecule has 176 valence electrons. The van der Waals surface area contributed by atoms with Gasteiger partial charge in [-0.15, -0.1) is 0 Å². The minimum absolute atomic E-state index is 0.250. The molecule has 8 nitrogen and oxygen atoms in total. The molecule has 2 saturated heterocycles. The molecule has 0 bridgehead atoms. The van der Waals surface area contributed by atoms with Crippen molar-refractivity contribution in [1.82, 2.24) is 5.32 Å². The van der Waals surface area contributed by atoms with Gasteiger partial charge >= 0.3 is 0 Å². The predicted molar refractivity (Wildman–Crippen MR) is 128 cm³/mol. The number of benzene rings is 3. The van der Waals surface area contributed by atoms with Gasteiger partial charge in [-0.2, -0.15) is 0 Å². The zero-order valence-corrected chi connectivity index (χ0v) is 19.0. The number of aromatic hydroxyl groups is 2. The van der Waals surface area contributed by atoms with E-state index in [4.69, 9.17) is 11.6 Å². The Bertz CT molecular complexity index is 1410. The van der Waals surface area contributed by atoms with Crippen LogP contribution >= 0.6 is 11.6 Å². The number of nitrogens with zero attached hydrogens (tertiary/aromatic N) is 1. The van der Waals surface area contributed by atoms with E-state index in [1.807, 2.05) is 0 Å². The summed E-state index contributed by atoms with van der Waals surface area (Å²) < 4.78 is 0. The number of imide groups is 1. The first kappa shape index (κ1) is 21.6. The zero-order chi connectivity index (χ0) is 24.5. The van der Waals surface area contributed by atoms with Gasteiger partial charge in [-0.25, -0.2) is 4.90 Å². The Morgan fingerprint density at radius 3 is 2.40 bits per heavy atom. The molecule has 2 fully saturated rings. The summed E-state index contributed by atoms with van der Waals surface area (Å²) in [6, 6.07) is 17.4. The van der Waals surface area contributed by atoms with Gasteiger partial charge in [-0.05, 0) is 54.4 Å². The smallest absolute Gasteiger partial charge is 0.250 e. The Morgan fingerprint density at radius 1 is 0.914 bits per heavy atom. The number of hydrogen-bond donors (Lipinski definition) is 4. The third-order valence-electron chi connectivity index (χ3n) is 7.20. The fourth-order valence-corrected chi connectivity index (χ4v) is 5.85. The van der Waals surface area contributed by atoms with Crippen molar-refractivity contribution in [3.8, 4) is 11.5 Å². The fraction of sp³-hybridized carbons (Fsp3) is 0.192. The van der Waals surface area contributed by atoms with Crippen molar-refractivity contribution in [2.75, 3.05) is 10.2 Å². The molecule has 3 aromatic carbocycles. The summed E-state index contributed by atoms with van der Waals surface area (Å²) >= 11 is 6.01. The summed E-state index contributed by atoms with van der Waals surface area (Å²) in [6.07, 6.45) is 0.250. The van der Waals surface area contributed by atoms with Crippen LogP contribution in [-0.2, 0) is 26.3 Å². The van der Waals surface area contributed by atoms with E-state index in [1.165, 1.54) is 12.1 Å². The summed E-state index contributed by atoms with van der Waals surface area (Å²) in [5.74, 6) is -3.59. The van der Waals surface area contributed by atoms with Crippen molar-refractivity contribution in [2.24, 2.45) is 11.8 Å². The van der Waals surface area contributed by atoms with Crippen LogP contribution in [0.15, 0.2) is 66.7 Å². The third-order valence-corrected chi connectivity index (χ3v) is 7.45. The monoisotopic (exact) mass is 489 g/mol. The lowest BCUT2D eigenvalue weighted by atomic mass is 9.76. The number of anilines is 2. The van der Waals surface area contributed by atoms with Crippen molar-refractivity contribution in [2.45, 2.75) is 18.0 Å². The first-order chi connectivity index (χ1) is 16.8. The molecule has 3 amide bonds. The summed E-state index contributed by atoms with van der Waals surface area (Å²) in [6.45, 7) is 0. The van der Waals surface area contributed by atoms with Crippen LogP contribution in [0.4, 0.5) is 11.4 Å². The van der Waals surface area contributed by atoms with E-state index in [0.29, 0.717) is 27.5 Å². The van der Waals surface area contributed by atoms with E-state index in [0.717, 1.165) is 4.90 Å². The minimum Gasteiger partial charge on any atom is -0.504 e. The molecule has 3 aliphatic rings. The number of carbonyl (C=O) groups is 3. The van der Waals surface area contributed by atoms with Crippen LogP contribution < -0.4 is 15.5 Å². The molecule has 6 rings (SSSR count). The molecule has 0 unspecified atom stereocenters. The maximum Gasteiger partial charge on any atom is 0.250 e. The van der Waals surface area contributed by atoms with Crippen molar-refractivity contribution in [3.05, 3.63) is 82.9 Å². The van der Waals surface area contributed by atoms with Gasteiger partial charge in [-0.1, -0.05) is 35.9 Å². The average molecular weight is 490 g/mol. The molecule has 35 heavy (non-hydrogen) atoms. The summed E-state index contributed by atoms with van der Waals surface area (Å²) in [4.78, 5) is 42.3. The van der Waals surface area contributed by atoms with Crippen LogP contribution in [0.25, 0.3) is 0 Å². The Kier molecular flexibility index (Phi) is 4.67. The highest BCUT2D eigenvalue weighted by Crippen LogP contribution is 2.54. The number of phenolic OH excluding ortho intramolecular Hbond substituents is 2. The summed E-state index contributed by atoms with van der Waals surface area (Å²) in [5, 5.41) is 26.4. The maximum atomic E-state index is 13.9. The number of phenols is 2.